The number of hydrogen-bond acceptors (Lipinski definition) is 3. The van der Waals surface area contributed by atoms with Crippen molar-refractivity contribution in [2.24, 2.45) is 0 Å². The van der Waals surface area contributed by atoms with Gasteiger partial charge in [-0.1, -0.05) is 24.3 Å². The second kappa shape index (κ2) is 4.66. The predicted molar refractivity (Wildman–Crippen MR) is 58.5 cm³/mol. The molecule has 0 heterocycles. The van der Waals surface area contributed by atoms with Crippen molar-refractivity contribution >= 4 is 10.1 Å². The van der Waals surface area contributed by atoms with Crippen LogP contribution in [0.15, 0.2) is 24.3 Å². The van der Waals surface area contributed by atoms with E-state index in [9.17, 15) is 30.4 Å². The summed E-state index contributed by atoms with van der Waals surface area (Å²) < 4.78 is 90.4. The van der Waals surface area contributed by atoms with E-state index in [4.69, 9.17) is 0 Å². The molecular formula is C11H9F5O3S. The molecule has 0 fully saturated rings. The molecule has 0 saturated heterocycles. The Balaban J connectivity index is 2.49. The second-order valence-electron chi connectivity index (χ2n) is 4.29. The van der Waals surface area contributed by atoms with Gasteiger partial charge in [-0.05, 0) is 18.4 Å². The normalized spacial score (nSPS) is 27.1. The minimum Gasteiger partial charge on any atom is -0.241 e. The molecule has 1 aliphatic rings. The first-order valence-electron chi connectivity index (χ1n) is 5.51. The van der Waals surface area contributed by atoms with Gasteiger partial charge < -0.3 is 0 Å². The monoisotopic (exact) mass is 316 g/mol. The maximum atomic E-state index is 14.5. The third-order valence-corrected chi connectivity index (χ3v) is 4.00. The van der Waals surface area contributed by atoms with Crippen molar-refractivity contribution in [3.8, 4) is 0 Å². The quantitative estimate of drug-likeness (QED) is 0.479. The summed E-state index contributed by atoms with van der Waals surface area (Å²) in [6.07, 6.45) is -2.89. The summed E-state index contributed by atoms with van der Waals surface area (Å²) in [6, 6.07) is 5.12. The van der Waals surface area contributed by atoms with E-state index >= 15 is 0 Å². The van der Waals surface area contributed by atoms with Crippen molar-refractivity contribution in [3.05, 3.63) is 35.4 Å². The first-order valence-corrected chi connectivity index (χ1v) is 6.92. The van der Waals surface area contributed by atoms with Crippen LogP contribution in [0.5, 0.6) is 0 Å². The molecule has 0 amide bonds. The highest BCUT2D eigenvalue weighted by Gasteiger charge is 2.57. The first kappa shape index (κ1) is 15.2. The molecule has 2 rings (SSSR count). The van der Waals surface area contributed by atoms with Crippen LogP contribution in [0.25, 0.3) is 0 Å². The summed E-state index contributed by atoms with van der Waals surface area (Å²) in [4.78, 5) is 0. The molecule has 0 saturated carbocycles. The van der Waals surface area contributed by atoms with Crippen LogP contribution >= 0.6 is 0 Å². The van der Waals surface area contributed by atoms with Crippen LogP contribution in [0, 0.1) is 0 Å². The Morgan fingerprint density at radius 2 is 1.85 bits per heavy atom. The Morgan fingerprint density at radius 1 is 1.25 bits per heavy atom. The second-order valence-corrected chi connectivity index (χ2v) is 5.83. The van der Waals surface area contributed by atoms with Gasteiger partial charge in [0.25, 0.3) is 5.85 Å². The van der Waals surface area contributed by atoms with E-state index in [0.717, 1.165) is 6.07 Å². The lowest BCUT2D eigenvalue weighted by Gasteiger charge is -2.33. The van der Waals surface area contributed by atoms with E-state index in [1.807, 2.05) is 0 Å². The molecule has 0 aliphatic heterocycles. The van der Waals surface area contributed by atoms with Crippen LogP contribution in [0.1, 0.15) is 17.5 Å². The van der Waals surface area contributed by atoms with E-state index in [1.54, 1.807) is 0 Å². The van der Waals surface area contributed by atoms with Gasteiger partial charge in [-0.15, -0.1) is 0 Å². The van der Waals surface area contributed by atoms with Crippen molar-refractivity contribution in [1.29, 1.82) is 0 Å². The zero-order chi connectivity index (χ0) is 15.2. The lowest BCUT2D eigenvalue weighted by Crippen LogP contribution is -2.44. The highest BCUT2D eigenvalue weighted by molar-refractivity contribution is 7.87. The van der Waals surface area contributed by atoms with E-state index in [1.165, 1.54) is 18.2 Å². The van der Waals surface area contributed by atoms with Gasteiger partial charge in [0.15, 0.2) is 6.17 Å². The van der Waals surface area contributed by atoms with Crippen LogP contribution in [0.2, 0.25) is 0 Å². The number of alkyl halides is 5. The molecule has 1 aromatic rings. The number of aryl methyl sites for hydroxylation is 1. The Hall–Kier alpha value is -1.22. The Morgan fingerprint density at radius 3 is 2.45 bits per heavy atom. The van der Waals surface area contributed by atoms with Crippen molar-refractivity contribution in [3.63, 3.8) is 0 Å². The predicted octanol–water partition coefficient (Wildman–Crippen LogP) is 2.96. The van der Waals surface area contributed by atoms with Crippen molar-refractivity contribution in [2.75, 3.05) is 0 Å². The third-order valence-electron chi connectivity index (χ3n) is 2.97. The van der Waals surface area contributed by atoms with Crippen LogP contribution in [0.4, 0.5) is 22.0 Å². The SMILES string of the molecule is O=S(=O)(OC1(F)c2ccccc2CCC1F)C(F)(F)F. The molecule has 1 aliphatic carbocycles. The Bertz CT molecular complexity index is 613. The molecule has 20 heavy (non-hydrogen) atoms. The van der Waals surface area contributed by atoms with Crippen LogP contribution < -0.4 is 0 Å². The fourth-order valence-electron chi connectivity index (χ4n) is 2.01. The molecule has 0 spiro atoms. The summed E-state index contributed by atoms with van der Waals surface area (Å²) in [5.41, 5.74) is -6.15. The number of benzene rings is 1. The van der Waals surface area contributed by atoms with Gasteiger partial charge in [0.05, 0.1) is 0 Å². The molecule has 2 unspecified atom stereocenters. The number of fused-ring (bicyclic) bond motifs is 1. The van der Waals surface area contributed by atoms with Crippen LogP contribution in [-0.4, -0.2) is 20.1 Å². The summed E-state index contributed by atoms with van der Waals surface area (Å²) >= 11 is 0. The summed E-state index contributed by atoms with van der Waals surface area (Å²) in [7, 11) is -6.25. The van der Waals surface area contributed by atoms with Gasteiger partial charge in [-0.3, -0.25) is 0 Å². The molecule has 2 atom stereocenters. The number of rotatable bonds is 2. The fourth-order valence-corrected chi connectivity index (χ4v) is 2.62. The summed E-state index contributed by atoms with van der Waals surface area (Å²) in [5.74, 6) is -3.66. The van der Waals surface area contributed by atoms with Gasteiger partial charge in [0, 0.05) is 5.56 Å². The minimum atomic E-state index is -6.25. The van der Waals surface area contributed by atoms with Gasteiger partial charge >= 0.3 is 15.6 Å². The van der Waals surface area contributed by atoms with Crippen molar-refractivity contribution < 1.29 is 34.6 Å². The molecule has 0 radical (unpaired) electrons. The lowest BCUT2D eigenvalue weighted by atomic mass is 9.86. The number of hydrogen-bond donors (Lipinski definition) is 0. The zero-order valence-electron chi connectivity index (χ0n) is 9.82. The van der Waals surface area contributed by atoms with Crippen LogP contribution in [-0.2, 0) is 26.6 Å². The molecule has 9 heteroatoms. The zero-order valence-corrected chi connectivity index (χ0v) is 10.6. The van der Waals surface area contributed by atoms with Gasteiger partial charge in [0.1, 0.15) is 0 Å². The van der Waals surface area contributed by atoms with Crippen LogP contribution in [0.3, 0.4) is 0 Å². The molecule has 0 bridgehead atoms. The smallest absolute Gasteiger partial charge is 0.241 e. The molecule has 3 nitrogen and oxygen atoms in total. The van der Waals surface area contributed by atoms with E-state index < -0.39 is 39.6 Å². The van der Waals surface area contributed by atoms with E-state index in [2.05, 4.69) is 4.18 Å². The highest BCUT2D eigenvalue weighted by Crippen LogP contribution is 2.44. The minimum absolute atomic E-state index is 0.0818. The highest BCUT2D eigenvalue weighted by atomic mass is 32.2. The van der Waals surface area contributed by atoms with Gasteiger partial charge in [0.2, 0.25) is 0 Å². The van der Waals surface area contributed by atoms with E-state index in [-0.39, 0.29) is 12.0 Å². The average molecular weight is 316 g/mol. The standard InChI is InChI=1S/C11H9F5O3S/c12-9-6-5-7-3-1-2-4-8(7)10(9,13)19-20(17,18)11(14,15)16/h1-4,9H,5-6H2. The topological polar surface area (TPSA) is 43.4 Å². The number of halogens is 5. The van der Waals surface area contributed by atoms with Crippen molar-refractivity contribution in [2.45, 2.75) is 30.4 Å². The van der Waals surface area contributed by atoms with Gasteiger partial charge in [-0.2, -0.15) is 21.6 Å². The maximum absolute atomic E-state index is 14.5. The summed E-state index contributed by atoms with van der Waals surface area (Å²) in [6.45, 7) is 0. The van der Waals surface area contributed by atoms with Crippen molar-refractivity contribution in [1.82, 2.24) is 0 Å². The molecular weight excluding hydrogens is 307 g/mol. The average Bonchev–Trinajstić information content (AvgIpc) is 2.33. The maximum Gasteiger partial charge on any atom is 0.523 e. The summed E-state index contributed by atoms with van der Waals surface area (Å²) in [5, 5.41) is 0. The largest absolute Gasteiger partial charge is 0.523 e. The molecule has 1 aromatic carbocycles. The Kier molecular flexibility index (Phi) is 3.53. The molecule has 0 aromatic heterocycles. The Labute approximate surface area is 111 Å². The lowest BCUT2D eigenvalue weighted by molar-refractivity contribution is -0.148. The molecule has 0 N–H and O–H groups in total. The fraction of sp³-hybridized carbons (Fsp3) is 0.455. The van der Waals surface area contributed by atoms with Gasteiger partial charge in [-0.25, -0.2) is 13.0 Å². The third kappa shape index (κ3) is 2.39. The van der Waals surface area contributed by atoms with E-state index in [0.29, 0.717) is 0 Å². The molecule has 112 valence electrons. The first-order chi connectivity index (χ1) is 9.08.